The molecule has 0 radical (unpaired) electrons. The van der Waals surface area contributed by atoms with Crippen LogP contribution in [0.15, 0.2) is 28.2 Å². The van der Waals surface area contributed by atoms with E-state index < -0.39 is 16.8 Å². The minimum absolute atomic E-state index is 0.00745. The maximum Gasteiger partial charge on any atom is 0.417 e. The number of hydrogen-bond donors (Lipinski definition) is 2. The Morgan fingerprint density at radius 3 is 2.46 bits per heavy atom. The highest BCUT2D eigenvalue weighted by atomic mass is 35.5. The van der Waals surface area contributed by atoms with Gasteiger partial charge in [-0.2, -0.15) is 18.2 Å². The molecule has 5 nitrogen and oxygen atoms in total. The number of guanidine groups is 2. The number of rotatable bonds is 1. The maximum absolute atomic E-state index is 12.8. The Kier molecular flexibility index (Phi) is 5.58. The van der Waals surface area contributed by atoms with E-state index in [9.17, 15) is 13.2 Å². The van der Waals surface area contributed by atoms with Gasteiger partial charge in [-0.1, -0.05) is 18.5 Å². The minimum Gasteiger partial charge on any atom is -0.369 e. The van der Waals surface area contributed by atoms with Crippen molar-refractivity contribution in [3.63, 3.8) is 0 Å². The summed E-state index contributed by atoms with van der Waals surface area (Å²) in [6.45, 7) is 3.70. The highest BCUT2D eigenvalue weighted by molar-refractivity contribution is 6.31. The van der Waals surface area contributed by atoms with Gasteiger partial charge in [-0.15, -0.1) is 0 Å². The third-order valence-corrected chi connectivity index (χ3v) is 4.17. The fourth-order valence-electron chi connectivity index (χ4n) is 2.38. The van der Waals surface area contributed by atoms with E-state index in [1.54, 1.807) is 0 Å². The molecule has 0 aromatic heterocycles. The van der Waals surface area contributed by atoms with E-state index in [-0.39, 0.29) is 17.6 Å². The number of alkyl halides is 3. The number of nitrogens with zero attached hydrogens (tertiary/aromatic N) is 3. The molecule has 1 aliphatic rings. The molecule has 0 spiro atoms. The van der Waals surface area contributed by atoms with Gasteiger partial charge in [0.1, 0.15) is 0 Å². The second kappa shape index (κ2) is 7.29. The summed E-state index contributed by atoms with van der Waals surface area (Å²) in [7, 11) is 0. The van der Waals surface area contributed by atoms with Crippen molar-refractivity contribution in [3.05, 3.63) is 28.8 Å². The molecule has 0 unspecified atom stereocenters. The fraction of sp³-hybridized carbons (Fsp3) is 0.467. The van der Waals surface area contributed by atoms with E-state index in [1.807, 2.05) is 4.90 Å². The second-order valence-corrected chi connectivity index (χ2v) is 6.18. The number of nitrogens with two attached hydrogens (primary N) is 2. The fourth-order valence-corrected chi connectivity index (χ4v) is 2.61. The lowest BCUT2D eigenvalue weighted by Gasteiger charge is -2.30. The quantitative estimate of drug-likeness (QED) is 0.594. The number of aliphatic imine (C=N–C) groups is 2. The molecule has 2 rings (SSSR count). The predicted octanol–water partition coefficient (Wildman–Crippen LogP) is 3.35. The Balaban J connectivity index is 2.17. The molecule has 9 heteroatoms. The number of hydrogen-bond acceptors (Lipinski definition) is 1. The summed E-state index contributed by atoms with van der Waals surface area (Å²) in [5, 5.41) is -0.398. The first-order valence-electron chi connectivity index (χ1n) is 7.47. The SMILES string of the molecule is CC1CCN(/C(N)=N/C(N)=Nc2ccc(Cl)c(C(F)(F)F)c2)CC1. The van der Waals surface area contributed by atoms with Crippen molar-refractivity contribution in [2.75, 3.05) is 13.1 Å². The molecule has 132 valence electrons. The molecule has 24 heavy (non-hydrogen) atoms. The molecule has 1 saturated heterocycles. The number of likely N-dealkylation sites (tertiary alicyclic amines) is 1. The average molecular weight is 362 g/mol. The Morgan fingerprint density at radius 1 is 1.25 bits per heavy atom. The minimum atomic E-state index is -4.57. The van der Waals surface area contributed by atoms with Gasteiger partial charge in [0, 0.05) is 13.1 Å². The van der Waals surface area contributed by atoms with Crippen molar-refractivity contribution in [1.82, 2.24) is 4.90 Å². The van der Waals surface area contributed by atoms with Crippen LogP contribution in [0, 0.1) is 5.92 Å². The van der Waals surface area contributed by atoms with Crippen LogP contribution in [0.5, 0.6) is 0 Å². The second-order valence-electron chi connectivity index (χ2n) is 5.77. The Morgan fingerprint density at radius 2 is 1.88 bits per heavy atom. The van der Waals surface area contributed by atoms with Crippen molar-refractivity contribution in [1.29, 1.82) is 0 Å². The molecule has 1 heterocycles. The summed E-state index contributed by atoms with van der Waals surface area (Å²) in [6.07, 6.45) is -2.57. The highest BCUT2D eigenvalue weighted by Gasteiger charge is 2.33. The molecule has 0 saturated carbocycles. The molecular formula is C15H19ClF3N5. The zero-order valence-corrected chi connectivity index (χ0v) is 13.9. The third kappa shape index (κ3) is 4.77. The zero-order chi connectivity index (χ0) is 17.9. The summed E-state index contributed by atoms with van der Waals surface area (Å²) >= 11 is 5.56. The topological polar surface area (TPSA) is 80.0 Å². The van der Waals surface area contributed by atoms with Gasteiger partial charge in [0.05, 0.1) is 16.3 Å². The largest absolute Gasteiger partial charge is 0.417 e. The highest BCUT2D eigenvalue weighted by Crippen LogP contribution is 2.36. The lowest BCUT2D eigenvalue weighted by molar-refractivity contribution is -0.137. The van der Waals surface area contributed by atoms with Crippen molar-refractivity contribution < 1.29 is 13.2 Å². The van der Waals surface area contributed by atoms with Gasteiger partial charge in [-0.3, -0.25) is 0 Å². The summed E-state index contributed by atoms with van der Waals surface area (Å²) in [6, 6.07) is 3.28. The number of piperidine rings is 1. The van der Waals surface area contributed by atoms with Crippen LogP contribution < -0.4 is 11.5 Å². The van der Waals surface area contributed by atoms with Gasteiger partial charge in [-0.05, 0) is 37.0 Å². The molecule has 0 amide bonds. The van der Waals surface area contributed by atoms with E-state index in [4.69, 9.17) is 23.1 Å². The van der Waals surface area contributed by atoms with Crippen LogP contribution in [0.25, 0.3) is 0 Å². The smallest absolute Gasteiger partial charge is 0.369 e. The van der Waals surface area contributed by atoms with Crippen LogP contribution in [-0.4, -0.2) is 29.9 Å². The molecule has 0 bridgehead atoms. The first-order valence-corrected chi connectivity index (χ1v) is 7.84. The van der Waals surface area contributed by atoms with Gasteiger partial charge in [0.25, 0.3) is 0 Å². The van der Waals surface area contributed by atoms with Gasteiger partial charge < -0.3 is 16.4 Å². The van der Waals surface area contributed by atoms with Crippen LogP contribution in [0.3, 0.4) is 0 Å². The lowest BCUT2D eigenvalue weighted by atomic mass is 10.00. The van der Waals surface area contributed by atoms with Crippen LogP contribution >= 0.6 is 11.6 Å². The lowest BCUT2D eigenvalue weighted by Crippen LogP contribution is -2.43. The van der Waals surface area contributed by atoms with Crippen molar-refractivity contribution in [2.24, 2.45) is 27.4 Å². The zero-order valence-electron chi connectivity index (χ0n) is 13.1. The third-order valence-electron chi connectivity index (χ3n) is 3.84. The standard InChI is InChI=1S/C15H19ClF3N5/c1-9-4-6-24(7-5-9)14(21)23-13(20)22-10-2-3-12(16)11(8-10)15(17,18)19/h2-3,8-9H,4-7H2,1H3,(H4,20,21,22,23). The van der Waals surface area contributed by atoms with Crippen LogP contribution in [0.4, 0.5) is 18.9 Å². The Labute approximate surface area is 143 Å². The Hall–Kier alpha value is -1.96. The molecule has 4 N–H and O–H groups in total. The molecule has 1 aromatic carbocycles. The van der Waals surface area contributed by atoms with Crippen molar-refractivity contribution in [3.8, 4) is 0 Å². The van der Waals surface area contributed by atoms with Crippen molar-refractivity contribution >= 4 is 29.2 Å². The van der Waals surface area contributed by atoms with E-state index in [2.05, 4.69) is 16.9 Å². The molecular weight excluding hydrogens is 343 g/mol. The van der Waals surface area contributed by atoms with Gasteiger partial charge in [-0.25, -0.2) is 4.99 Å². The van der Waals surface area contributed by atoms with E-state index >= 15 is 0 Å². The van der Waals surface area contributed by atoms with Crippen LogP contribution in [-0.2, 0) is 6.18 Å². The summed E-state index contributed by atoms with van der Waals surface area (Å²) in [5.74, 6) is 0.643. The van der Waals surface area contributed by atoms with Crippen LogP contribution in [0.2, 0.25) is 5.02 Å². The van der Waals surface area contributed by atoms with Gasteiger partial charge in [0.15, 0.2) is 5.96 Å². The van der Waals surface area contributed by atoms with E-state index in [0.717, 1.165) is 38.1 Å². The molecule has 1 fully saturated rings. The Bertz CT molecular complexity index is 649. The van der Waals surface area contributed by atoms with Crippen molar-refractivity contribution in [2.45, 2.75) is 25.9 Å². The first kappa shape index (κ1) is 18.4. The number of halogens is 4. The summed E-state index contributed by atoms with van der Waals surface area (Å²) < 4.78 is 38.5. The van der Waals surface area contributed by atoms with Gasteiger partial charge in [0.2, 0.25) is 5.96 Å². The molecule has 1 aromatic rings. The van der Waals surface area contributed by atoms with Crippen LogP contribution in [0.1, 0.15) is 25.3 Å². The van der Waals surface area contributed by atoms with E-state index in [1.165, 1.54) is 6.07 Å². The predicted molar refractivity (Wildman–Crippen MR) is 89.3 cm³/mol. The average Bonchev–Trinajstić information content (AvgIpc) is 2.48. The summed E-state index contributed by atoms with van der Waals surface area (Å²) in [5.41, 5.74) is 10.6. The molecule has 1 aliphatic heterocycles. The monoisotopic (exact) mass is 361 g/mol. The molecule has 0 atom stereocenters. The normalized spacial score (nSPS) is 18.1. The summed E-state index contributed by atoms with van der Waals surface area (Å²) in [4.78, 5) is 9.72. The molecule has 0 aliphatic carbocycles. The van der Waals surface area contributed by atoms with Gasteiger partial charge >= 0.3 is 6.18 Å². The van der Waals surface area contributed by atoms with E-state index in [0.29, 0.717) is 5.92 Å². The first-order chi connectivity index (χ1) is 11.2. The number of benzene rings is 1. The maximum atomic E-state index is 12.8.